The van der Waals surface area contributed by atoms with Crippen LogP contribution in [0.15, 0.2) is 12.1 Å². The van der Waals surface area contributed by atoms with Crippen LogP contribution in [-0.2, 0) is 19.6 Å². The number of halogens is 1. The molecule has 1 aromatic carbocycles. The molecule has 0 saturated carbocycles. The molecule has 2 amide bonds. The molecule has 0 aliphatic carbocycles. The average Bonchev–Trinajstić information content (AvgIpc) is 2.66. The number of carbonyl (C=O) groups is 2. The summed E-state index contributed by atoms with van der Waals surface area (Å²) in [7, 11) is -2.13. The zero-order valence-corrected chi connectivity index (χ0v) is 16.8. The predicted molar refractivity (Wildman–Crippen MR) is 101 cm³/mol. The Kier molecular flexibility index (Phi) is 7.87. The molecule has 28 heavy (non-hydrogen) atoms. The van der Waals surface area contributed by atoms with E-state index in [-0.39, 0.29) is 34.4 Å². The second-order valence-corrected chi connectivity index (χ2v) is 8.32. The van der Waals surface area contributed by atoms with Gasteiger partial charge in [0, 0.05) is 25.2 Å². The summed E-state index contributed by atoms with van der Waals surface area (Å²) in [5.74, 6) is -1.24. The molecule has 1 aliphatic rings. The highest BCUT2D eigenvalue weighted by Crippen LogP contribution is 2.36. The molecule has 2 rings (SSSR count). The largest absolute Gasteiger partial charge is 0.493 e. The van der Waals surface area contributed by atoms with Crippen LogP contribution in [0.1, 0.15) is 10.4 Å². The van der Waals surface area contributed by atoms with Gasteiger partial charge in [-0.15, -0.1) is 0 Å². The Bertz CT molecular complexity index is 826. The zero-order chi connectivity index (χ0) is 20.7. The summed E-state index contributed by atoms with van der Waals surface area (Å²) >= 11 is 6.10. The second kappa shape index (κ2) is 9.92. The Balaban J connectivity index is 1.99. The van der Waals surface area contributed by atoms with Crippen LogP contribution >= 0.6 is 11.6 Å². The second-order valence-electron chi connectivity index (χ2n) is 5.83. The number of hydrogen-bond acceptors (Lipinski definition) is 7. The molecule has 1 fully saturated rings. The number of ether oxygens (including phenoxy) is 3. The Morgan fingerprint density at radius 1 is 1.32 bits per heavy atom. The number of carbonyl (C=O) groups excluding carboxylic acids is 2. The lowest BCUT2D eigenvalue weighted by molar-refractivity contribution is -0.119. The monoisotopic (exact) mass is 435 g/mol. The maximum absolute atomic E-state index is 12.3. The fourth-order valence-corrected chi connectivity index (χ4v) is 4.07. The smallest absolute Gasteiger partial charge is 0.255 e. The van der Waals surface area contributed by atoms with Gasteiger partial charge in [0.15, 0.2) is 18.1 Å². The van der Waals surface area contributed by atoms with Gasteiger partial charge in [-0.25, -0.2) is 8.42 Å². The highest BCUT2D eigenvalue weighted by molar-refractivity contribution is 7.89. The van der Waals surface area contributed by atoms with E-state index < -0.39 is 28.4 Å². The summed E-state index contributed by atoms with van der Waals surface area (Å²) in [5.41, 5.74) is 5.18. The number of hydrogen-bond donors (Lipinski definition) is 2. The fourth-order valence-electron chi connectivity index (χ4n) is 2.48. The lowest BCUT2D eigenvalue weighted by atomic mass is 10.2. The first-order valence-corrected chi connectivity index (χ1v) is 10.4. The van der Waals surface area contributed by atoms with Crippen molar-refractivity contribution in [2.45, 2.75) is 0 Å². The predicted octanol–water partition coefficient (Wildman–Crippen LogP) is -0.395. The van der Waals surface area contributed by atoms with E-state index in [2.05, 4.69) is 5.32 Å². The Labute approximate surface area is 167 Å². The molecule has 0 unspecified atom stereocenters. The molecule has 0 radical (unpaired) electrons. The van der Waals surface area contributed by atoms with Gasteiger partial charge in [0.1, 0.15) is 0 Å². The summed E-state index contributed by atoms with van der Waals surface area (Å²) in [4.78, 5) is 23.2. The maximum atomic E-state index is 12.3. The Morgan fingerprint density at radius 2 is 2.00 bits per heavy atom. The molecule has 1 saturated heterocycles. The number of nitrogens with one attached hydrogen (secondary N) is 1. The molecular formula is C16H22ClN3O7S. The fraction of sp³-hybridized carbons (Fsp3) is 0.500. The van der Waals surface area contributed by atoms with E-state index in [9.17, 15) is 18.0 Å². The lowest BCUT2D eigenvalue weighted by Crippen LogP contribution is -2.43. The van der Waals surface area contributed by atoms with E-state index in [0.717, 1.165) is 0 Å². The minimum Gasteiger partial charge on any atom is -0.493 e. The van der Waals surface area contributed by atoms with Gasteiger partial charge in [0.25, 0.3) is 11.8 Å². The Hall–Kier alpha value is -2.08. The highest BCUT2D eigenvalue weighted by Gasteiger charge is 2.24. The first-order valence-electron chi connectivity index (χ1n) is 8.37. The highest BCUT2D eigenvalue weighted by atomic mass is 35.5. The number of primary amides is 1. The molecule has 1 heterocycles. The number of amides is 2. The first-order chi connectivity index (χ1) is 13.2. The van der Waals surface area contributed by atoms with Crippen LogP contribution < -0.4 is 20.5 Å². The number of nitrogens with two attached hydrogens (primary N) is 1. The SMILES string of the molecule is COc1cc(C(=O)NCCS(=O)(=O)N2CCOCC2)cc(Cl)c1OCC(N)=O. The van der Waals surface area contributed by atoms with Crippen LogP contribution in [0.5, 0.6) is 11.5 Å². The van der Waals surface area contributed by atoms with Gasteiger partial charge in [0.05, 0.1) is 31.1 Å². The van der Waals surface area contributed by atoms with Crippen molar-refractivity contribution in [3.8, 4) is 11.5 Å². The van der Waals surface area contributed by atoms with Crippen LogP contribution in [-0.4, -0.2) is 76.9 Å². The zero-order valence-electron chi connectivity index (χ0n) is 15.3. The van der Waals surface area contributed by atoms with E-state index in [1.807, 2.05) is 0 Å². The van der Waals surface area contributed by atoms with Crippen molar-refractivity contribution in [1.29, 1.82) is 0 Å². The lowest BCUT2D eigenvalue weighted by Gasteiger charge is -2.26. The van der Waals surface area contributed by atoms with Gasteiger partial charge < -0.3 is 25.3 Å². The minimum atomic E-state index is -3.48. The molecule has 1 aliphatic heterocycles. The van der Waals surface area contributed by atoms with E-state index in [0.29, 0.717) is 26.3 Å². The molecular weight excluding hydrogens is 414 g/mol. The number of methoxy groups -OCH3 is 1. The van der Waals surface area contributed by atoms with Crippen molar-refractivity contribution in [2.24, 2.45) is 5.73 Å². The van der Waals surface area contributed by atoms with Crippen molar-refractivity contribution in [3.05, 3.63) is 22.7 Å². The number of morpholine rings is 1. The quantitative estimate of drug-likeness (QED) is 0.538. The van der Waals surface area contributed by atoms with Crippen LogP contribution in [0.2, 0.25) is 5.02 Å². The molecule has 0 spiro atoms. The third-order valence-electron chi connectivity index (χ3n) is 3.86. The molecule has 1 aromatic rings. The summed E-state index contributed by atoms with van der Waals surface area (Å²) < 4.78 is 41.3. The first kappa shape index (κ1) is 22.2. The van der Waals surface area contributed by atoms with E-state index >= 15 is 0 Å². The molecule has 3 N–H and O–H groups in total. The summed E-state index contributed by atoms with van der Waals surface area (Å²) in [6.45, 7) is 0.840. The number of nitrogens with zero attached hydrogens (tertiary/aromatic N) is 1. The van der Waals surface area contributed by atoms with E-state index in [4.69, 9.17) is 31.5 Å². The van der Waals surface area contributed by atoms with E-state index in [1.165, 1.54) is 23.5 Å². The van der Waals surface area contributed by atoms with Gasteiger partial charge >= 0.3 is 0 Å². The van der Waals surface area contributed by atoms with Gasteiger partial charge in [0.2, 0.25) is 10.0 Å². The normalized spacial score (nSPS) is 15.1. The minimum absolute atomic E-state index is 0.0479. The summed E-state index contributed by atoms with van der Waals surface area (Å²) in [5, 5.41) is 2.59. The van der Waals surface area contributed by atoms with Crippen LogP contribution in [0.4, 0.5) is 0 Å². The van der Waals surface area contributed by atoms with Gasteiger partial charge in [-0.1, -0.05) is 11.6 Å². The molecule has 0 bridgehead atoms. The third kappa shape index (κ3) is 5.96. The average molecular weight is 436 g/mol. The van der Waals surface area contributed by atoms with Crippen LogP contribution in [0, 0.1) is 0 Å². The molecule has 156 valence electrons. The van der Waals surface area contributed by atoms with E-state index in [1.54, 1.807) is 0 Å². The summed E-state index contributed by atoms with van der Waals surface area (Å²) in [6.07, 6.45) is 0. The maximum Gasteiger partial charge on any atom is 0.255 e. The molecule has 0 aromatic heterocycles. The topological polar surface area (TPSA) is 137 Å². The van der Waals surface area contributed by atoms with Crippen molar-refractivity contribution in [2.75, 3.05) is 52.3 Å². The molecule has 12 heteroatoms. The van der Waals surface area contributed by atoms with Crippen LogP contribution in [0.25, 0.3) is 0 Å². The molecule has 10 nitrogen and oxygen atoms in total. The van der Waals surface area contributed by atoms with Gasteiger partial charge in [-0.3, -0.25) is 9.59 Å². The number of benzene rings is 1. The third-order valence-corrected chi connectivity index (χ3v) is 6.01. The van der Waals surface area contributed by atoms with Crippen molar-refractivity contribution < 1.29 is 32.2 Å². The van der Waals surface area contributed by atoms with Crippen LogP contribution in [0.3, 0.4) is 0 Å². The molecule has 0 atom stereocenters. The van der Waals surface area contributed by atoms with Gasteiger partial charge in [-0.2, -0.15) is 4.31 Å². The van der Waals surface area contributed by atoms with Crippen molar-refractivity contribution in [1.82, 2.24) is 9.62 Å². The number of rotatable bonds is 9. The summed E-state index contributed by atoms with van der Waals surface area (Å²) in [6, 6.07) is 2.69. The van der Waals surface area contributed by atoms with Crippen molar-refractivity contribution >= 4 is 33.4 Å². The van der Waals surface area contributed by atoms with Gasteiger partial charge in [-0.05, 0) is 12.1 Å². The Morgan fingerprint density at radius 3 is 2.61 bits per heavy atom. The standard InChI is InChI=1S/C16H22ClN3O7S/c1-25-13-9-11(8-12(17)15(13)27-10-14(18)21)16(22)19-2-7-28(23,24)20-3-5-26-6-4-20/h8-9H,2-7,10H2,1H3,(H2,18,21)(H,19,22). The van der Waals surface area contributed by atoms with Crippen molar-refractivity contribution in [3.63, 3.8) is 0 Å². The number of sulfonamides is 1.